The van der Waals surface area contributed by atoms with Gasteiger partial charge in [-0.3, -0.25) is 9.48 Å². The number of aromatic nitrogens is 5. The van der Waals surface area contributed by atoms with E-state index in [0.29, 0.717) is 11.5 Å². The average Bonchev–Trinajstić information content (AvgIpc) is 3.14. The van der Waals surface area contributed by atoms with Gasteiger partial charge in [0.1, 0.15) is 5.01 Å². The molecule has 116 valence electrons. The van der Waals surface area contributed by atoms with E-state index in [1.807, 2.05) is 23.9 Å². The first-order chi connectivity index (χ1) is 10.7. The van der Waals surface area contributed by atoms with Crippen LogP contribution in [0, 0.1) is 0 Å². The molecule has 0 aliphatic rings. The first-order valence-corrected chi connectivity index (χ1v) is 8.07. The maximum atomic E-state index is 12.1. The third kappa shape index (κ3) is 3.23. The van der Waals surface area contributed by atoms with E-state index < -0.39 is 0 Å². The van der Waals surface area contributed by atoms with E-state index in [2.05, 4.69) is 27.4 Å². The van der Waals surface area contributed by atoms with Gasteiger partial charge in [0.25, 0.3) is 5.56 Å². The average molecular weight is 318 g/mol. The summed E-state index contributed by atoms with van der Waals surface area (Å²) in [5.41, 5.74) is 0.612. The maximum Gasteiger partial charge on any atom is 0.275 e. The lowest BCUT2D eigenvalue weighted by Crippen LogP contribution is -2.31. The van der Waals surface area contributed by atoms with Crippen molar-refractivity contribution in [2.75, 3.05) is 0 Å². The van der Waals surface area contributed by atoms with Gasteiger partial charge in [-0.2, -0.15) is 14.7 Å². The third-order valence-electron chi connectivity index (χ3n) is 3.29. The molecule has 0 fully saturated rings. The Kier molecular flexibility index (Phi) is 4.30. The van der Waals surface area contributed by atoms with Gasteiger partial charge in [-0.05, 0) is 19.4 Å². The molecule has 7 nitrogen and oxygen atoms in total. The van der Waals surface area contributed by atoms with E-state index in [9.17, 15) is 4.79 Å². The molecule has 3 rings (SSSR count). The van der Waals surface area contributed by atoms with Crippen molar-refractivity contribution in [1.29, 1.82) is 0 Å². The highest BCUT2D eigenvalue weighted by molar-refractivity contribution is 7.16. The zero-order chi connectivity index (χ0) is 15.5. The lowest BCUT2D eigenvalue weighted by Gasteiger charge is -2.13. The van der Waals surface area contributed by atoms with Crippen LogP contribution in [0.5, 0.6) is 0 Å². The van der Waals surface area contributed by atoms with Crippen LogP contribution in [0.15, 0.2) is 29.3 Å². The zero-order valence-corrected chi connectivity index (χ0v) is 13.4. The standard InChI is InChI=1S/C14H18N6OS/c1-3-12-18-20-13(21)7-11(17-14(20)22-12)8-15-10(2)9-19-6-4-5-16-19/h4-7,10,15H,3,8-9H2,1-2H3/t10-/m1/s1. The minimum absolute atomic E-state index is 0.127. The highest BCUT2D eigenvalue weighted by atomic mass is 32.1. The molecule has 0 aliphatic heterocycles. The molecule has 0 bridgehead atoms. The fraction of sp³-hybridized carbons (Fsp3) is 0.429. The SMILES string of the molecule is CCc1nn2c(=O)cc(CN[C@H](C)Cn3cccn3)nc2s1. The predicted molar refractivity (Wildman–Crippen MR) is 85.0 cm³/mol. The van der Waals surface area contributed by atoms with Crippen LogP contribution in [-0.2, 0) is 19.5 Å². The number of nitrogens with zero attached hydrogens (tertiary/aromatic N) is 5. The van der Waals surface area contributed by atoms with Crippen molar-refractivity contribution in [3.05, 3.63) is 45.6 Å². The molecule has 8 heteroatoms. The number of nitrogens with one attached hydrogen (secondary N) is 1. The number of hydrogen-bond donors (Lipinski definition) is 1. The molecule has 22 heavy (non-hydrogen) atoms. The summed E-state index contributed by atoms with van der Waals surface area (Å²) in [6.45, 7) is 5.42. The molecule has 0 saturated heterocycles. The van der Waals surface area contributed by atoms with Crippen molar-refractivity contribution < 1.29 is 0 Å². The Bertz CT molecular complexity index is 806. The molecular weight excluding hydrogens is 300 g/mol. The van der Waals surface area contributed by atoms with Crippen molar-refractivity contribution in [2.24, 2.45) is 0 Å². The molecule has 0 spiro atoms. The summed E-state index contributed by atoms with van der Waals surface area (Å²) >= 11 is 1.46. The van der Waals surface area contributed by atoms with Gasteiger partial charge in [0.15, 0.2) is 0 Å². The van der Waals surface area contributed by atoms with Crippen LogP contribution in [0.25, 0.3) is 4.96 Å². The molecule has 0 amide bonds. The molecule has 0 aliphatic carbocycles. The number of hydrogen-bond acceptors (Lipinski definition) is 6. The highest BCUT2D eigenvalue weighted by Gasteiger charge is 2.09. The topological polar surface area (TPSA) is 77.1 Å². The Labute approximate surface area is 131 Å². The van der Waals surface area contributed by atoms with E-state index in [1.54, 1.807) is 12.3 Å². The molecular formula is C14H18N6OS. The van der Waals surface area contributed by atoms with E-state index >= 15 is 0 Å². The Balaban J connectivity index is 1.69. The zero-order valence-electron chi connectivity index (χ0n) is 12.6. The molecule has 0 radical (unpaired) electrons. The first-order valence-electron chi connectivity index (χ1n) is 7.25. The largest absolute Gasteiger partial charge is 0.307 e. The van der Waals surface area contributed by atoms with Gasteiger partial charge in [-0.1, -0.05) is 18.3 Å². The van der Waals surface area contributed by atoms with Crippen molar-refractivity contribution >= 4 is 16.3 Å². The third-order valence-corrected chi connectivity index (χ3v) is 4.35. The minimum Gasteiger partial charge on any atom is -0.307 e. The van der Waals surface area contributed by atoms with Gasteiger partial charge in [0.2, 0.25) is 4.96 Å². The van der Waals surface area contributed by atoms with Crippen LogP contribution in [0.3, 0.4) is 0 Å². The lowest BCUT2D eigenvalue weighted by molar-refractivity contribution is 0.448. The van der Waals surface area contributed by atoms with E-state index in [-0.39, 0.29) is 11.6 Å². The fourth-order valence-corrected chi connectivity index (χ4v) is 3.02. The van der Waals surface area contributed by atoms with Gasteiger partial charge >= 0.3 is 0 Å². The van der Waals surface area contributed by atoms with Crippen LogP contribution in [0.4, 0.5) is 0 Å². The summed E-state index contributed by atoms with van der Waals surface area (Å²) < 4.78 is 3.25. The Morgan fingerprint density at radius 3 is 3.05 bits per heavy atom. The van der Waals surface area contributed by atoms with Gasteiger partial charge in [-0.15, -0.1) is 0 Å². The van der Waals surface area contributed by atoms with Crippen LogP contribution >= 0.6 is 11.3 Å². The van der Waals surface area contributed by atoms with Crippen LogP contribution in [0.2, 0.25) is 0 Å². The Hall–Kier alpha value is -2.06. The van der Waals surface area contributed by atoms with E-state index in [1.165, 1.54) is 15.9 Å². The number of rotatable bonds is 6. The number of fused-ring (bicyclic) bond motifs is 1. The van der Waals surface area contributed by atoms with Crippen LogP contribution < -0.4 is 10.9 Å². The second-order valence-electron chi connectivity index (χ2n) is 5.14. The monoisotopic (exact) mass is 318 g/mol. The summed E-state index contributed by atoms with van der Waals surface area (Å²) in [5, 5.41) is 12.7. The smallest absolute Gasteiger partial charge is 0.275 e. The summed E-state index contributed by atoms with van der Waals surface area (Å²) in [6.07, 6.45) is 4.50. The van der Waals surface area contributed by atoms with Crippen molar-refractivity contribution in [2.45, 2.75) is 39.4 Å². The molecule has 3 heterocycles. The Morgan fingerprint density at radius 2 is 2.32 bits per heavy atom. The van der Waals surface area contributed by atoms with Gasteiger partial charge in [0, 0.05) is 31.0 Å². The van der Waals surface area contributed by atoms with Crippen LogP contribution in [-0.4, -0.2) is 30.4 Å². The molecule has 1 N–H and O–H groups in total. The lowest BCUT2D eigenvalue weighted by atomic mass is 10.3. The second-order valence-corrected chi connectivity index (χ2v) is 6.18. The van der Waals surface area contributed by atoms with Crippen molar-refractivity contribution in [3.63, 3.8) is 0 Å². The number of aryl methyl sites for hydroxylation is 1. The fourth-order valence-electron chi connectivity index (χ4n) is 2.16. The molecule has 0 unspecified atom stereocenters. The Morgan fingerprint density at radius 1 is 1.45 bits per heavy atom. The summed E-state index contributed by atoms with van der Waals surface area (Å²) in [4.78, 5) is 17.2. The van der Waals surface area contributed by atoms with E-state index in [4.69, 9.17) is 0 Å². The summed E-state index contributed by atoms with van der Waals surface area (Å²) in [7, 11) is 0. The molecule has 0 saturated carbocycles. The maximum absolute atomic E-state index is 12.1. The molecule has 3 aromatic rings. The molecule has 1 atom stereocenters. The van der Waals surface area contributed by atoms with Gasteiger partial charge in [-0.25, -0.2) is 4.98 Å². The molecule has 0 aromatic carbocycles. The highest BCUT2D eigenvalue weighted by Crippen LogP contribution is 2.11. The summed E-state index contributed by atoms with van der Waals surface area (Å²) in [6, 6.07) is 3.67. The van der Waals surface area contributed by atoms with Crippen molar-refractivity contribution in [3.8, 4) is 0 Å². The van der Waals surface area contributed by atoms with Gasteiger partial charge < -0.3 is 5.32 Å². The van der Waals surface area contributed by atoms with Gasteiger partial charge in [0.05, 0.1) is 12.2 Å². The summed E-state index contributed by atoms with van der Waals surface area (Å²) in [5.74, 6) is 0. The normalized spacial score (nSPS) is 12.8. The predicted octanol–water partition coefficient (Wildman–Crippen LogP) is 1.09. The van der Waals surface area contributed by atoms with E-state index in [0.717, 1.165) is 23.7 Å². The first kappa shape index (κ1) is 14.9. The van der Waals surface area contributed by atoms with Crippen molar-refractivity contribution in [1.82, 2.24) is 29.7 Å². The minimum atomic E-state index is -0.127. The quantitative estimate of drug-likeness (QED) is 0.736. The second kappa shape index (κ2) is 6.37. The molecule has 3 aromatic heterocycles. The van der Waals surface area contributed by atoms with Crippen LogP contribution in [0.1, 0.15) is 24.5 Å².